The van der Waals surface area contributed by atoms with Gasteiger partial charge in [-0.25, -0.2) is 4.98 Å². The normalized spacial score (nSPS) is 10.2. The fourth-order valence-electron chi connectivity index (χ4n) is 1.30. The number of aryl methyl sites for hydroxylation is 1. The van der Waals surface area contributed by atoms with Crippen LogP contribution >= 0.6 is 27.3 Å². The first-order chi connectivity index (χ1) is 8.08. The van der Waals surface area contributed by atoms with Crippen molar-refractivity contribution >= 4 is 44.5 Å². The number of nitrogens with one attached hydrogen (secondary N) is 1. The van der Waals surface area contributed by atoms with Crippen LogP contribution in [-0.4, -0.2) is 10.9 Å². The summed E-state index contributed by atoms with van der Waals surface area (Å²) in [6.07, 6.45) is 0. The summed E-state index contributed by atoms with van der Waals surface area (Å²) in [5.74, 6) is -0.241. The topological polar surface area (TPSA) is 68.0 Å². The number of nitrogen functional groups attached to an aromatic ring is 1. The highest BCUT2D eigenvalue weighted by Gasteiger charge is 2.11. The molecule has 0 aliphatic rings. The number of rotatable bonds is 2. The summed E-state index contributed by atoms with van der Waals surface area (Å²) in [7, 11) is 0. The summed E-state index contributed by atoms with van der Waals surface area (Å²) in [6, 6.07) is 3.59. The van der Waals surface area contributed by atoms with Crippen LogP contribution in [0.15, 0.2) is 27.5 Å². The summed E-state index contributed by atoms with van der Waals surface area (Å²) in [5, 5.41) is 4.45. The molecule has 0 bridgehead atoms. The van der Waals surface area contributed by atoms with Gasteiger partial charge in [-0.15, -0.1) is 11.3 Å². The molecule has 1 aromatic heterocycles. The number of benzene rings is 1. The Hall–Kier alpha value is -1.40. The Balaban J connectivity index is 2.25. The molecule has 0 unspecified atom stereocenters. The van der Waals surface area contributed by atoms with E-state index in [4.69, 9.17) is 5.73 Å². The standard InChI is InChI=1S/C11H10BrN3OS/c1-6-2-7(12)9(3-8(6)13)15-11(16)10-4-17-5-14-10/h2-5H,13H2,1H3,(H,15,16). The van der Waals surface area contributed by atoms with E-state index in [0.29, 0.717) is 17.1 Å². The number of carbonyl (C=O) groups is 1. The third-order valence-corrected chi connectivity index (χ3v) is 3.51. The van der Waals surface area contributed by atoms with E-state index in [2.05, 4.69) is 26.2 Å². The highest BCUT2D eigenvalue weighted by atomic mass is 79.9. The number of nitrogens with zero attached hydrogens (tertiary/aromatic N) is 1. The quantitative estimate of drug-likeness (QED) is 0.838. The SMILES string of the molecule is Cc1cc(Br)c(NC(=O)c2cscn2)cc1N. The van der Waals surface area contributed by atoms with Gasteiger partial charge in [-0.1, -0.05) is 0 Å². The average Bonchev–Trinajstić information content (AvgIpc) is 2.79. The lowest BCUT2D eigenvalue weighted by Crippen LogP contribution is -2.13. The lowest BCUT2D eigenvalue weighted by atomic mass is 10.2. The van der Waals surface area contributed by atoms with Crippen molar-refractivity contribution in [3.05, 3.63) is 38.8 Å². The van der Waals surface area contributed by atoms with Gasteiger partial charge in [0.1, 0.15) is 5.69 Å². The summed E-state index contributed by atoms with van der Waals surface area (Å²) < 4.78 is 0.799. The van der Waals surface area contributed by atoms with Crippen molar-refractivity contribution in [1.82, 2.24) is 4.98 Å². The summed E-state index contributed by atoms with van der Waals surface area (Å²) in [5.41, 5.74) is 10.1. The summed E-state index contributed by atoms with van der Waals surface area (Å²) in [4.78, 5) is 15.7. The van der Waals surface area contributed by atoms with Gasteiger partial charge in [0.05, 0.1) is 11.2 Å². The molecule has 2 aromatic rings. The number of thiazole rings is 1. The minimum Gasteiger partial charge on any atom is -0.398 e. The van der Waals surface area contributed by atoms with Crippen LogP contribution in [0.25, 0.3) is 0 Å². The van der Waals surface area contributed by atoms with Crippen molar-refractivity contribution in [1.29, 1.82) is 0 Å². The number of hydrogen-bond donors (Lipinski definition) is 2. The number of halogens is 1. The van der Waals surface area contributed by atoms with Crippen LogP contribution in [0.1, 0.15) is 16.1 Å². The Kier molecular flexibility index (Phi) is 3.44. The maximum Gasteiger partial charge on any atom is 0.275 e. The molecule has 0 aliphatic carbocycles. The van der Waals surface area contributed by atoms with Gasteiger partial charge in [0.15, 0.2) is 0 Å². The van der Waals surface area contributed by atoms with E-state index >= 15 is 0 Å². The molecule has 1 aromatic carbocycles. The van der Waals surface area contributed by atoms with Crippen molar-refractivity contribution in [2.24, 2.45) is 0 Å². The van der Waals surface area contributed by atoms with Crippen molar-refractivity contribution in [2.75, 3.05) is 11.1 Å². The Bertz CT molecular complexity index is 554. The molecule has 0 spiro atoms. The molecule has 4 nitrogen and oxygen atoms in total. The number of anilines is 2. The minimum atomic E-state index is -0.241. The number of hydrogen-bond acceptors (Lipinski definition) is 4. The summed E-state index contributed by atoms with van der Waals surface area (Å²) >= 11 is 4.76. The molecule has 88 valence electrons. The van der Waals surface area contributed by atoms with E-state index in [9.17, 15) is 4.79 Å². The largest absolute Gasteiger partial charge is 0.398 e. The molecule has 0 fully saturated rings. The fourth-order valence-corrected chi connectivity index (χ4v) is 2.39. The third kappa shape index (κ3) is 2.65. The maximum absolute atomic E-state index is 11.8. The number of carbonyl (C=O) groups excluding carboxylic acids is 1. The molecule has 0 radical (unpaired) electrons. The van der Waals surface area contributed by atoms with Crippen molar-refractivity contribution in [3.8, 4) is 0 Å². The number of aromatic nitrogens is 1. The lowest BCUT2D eigenvalue weighted by Gasteiger charge is -2.09. The minimum absolute atomic E-state index is 0.241. The molecular formula is C11H10BrN3OS. The molecule has 1 amide bonds. The van der Waals surface area contributed by atoms with Gasteiger partial charge < -0.3 is 11.1 Å². The van der Waals surface area contributed by atoms with Crippen molar-refractivity contribution in [2.45, 2.75) is 6.92 Å². The molecule has 6 heteroatoms. The van der Waals surface area contributed by atoms with Gasteiger partial charge in [-0.05, 0) is 40.5 Å². The highest BCUT2D eigenvalue weighted by Crippen LogP contribution is 2.28. The van der Waals surface area contributed by atoms with E-state index in [1.165, 1.54) is 11.3 Å². The van der Waals surface area contributed by atoms with Gasteiger partial charge in [0, 0.05) is 15.5 Å². The molecular weight excluding hydrogens is 302 g/mol. The first-order valence-corrected chi connectivity index (χ1v) is 6.56. The van der Waals surface area contributed by atoms with Crippen LogP contribution in [-0.2, 0) is 0 Å². The second-order valence-electron chi connectivity index (χ2n) is 3.52. The zero-order valence-corrected chi connectivity index (χ0v) is 11.4. The number of amides is 1. The van der Waals surface area contributed by atoms with Gasteiger partial charge in [-0.3, -0.25) is 4.79 Å². The highest BCUT2D eigenvalue weighted by molar-refractivity contribution is 9.10. The third-order valence-electron chi connectivity index (χ3n) is 2.27. The predicted octanol–water partition coefficient (Wildman–Crippen LogP) is 3.05. The average molecular weight is 312 g/mol. The monoisotopic (exact) mass is 311 g/mol. The van der Waals surface area contributed by atoms with E-state index in [1.807, 2.05) is 13.0 Å². The molecule has 0 aliphatic heterocycles. The molecule has 0 saturated heterocycles. The predicted molar refractivity (Wildman–Crippen MR) is 73.4 cm³/mol. The van der Waals surface area contributed by atoms with Gasteiger partial charge in [0.2, 0.25) is 0 Å². The van der Waals surface area contributed by atoms with E-state index in [0.717, 1.165) is 10.0 Å². The second-order valence-corrected chi connectivity index (χ2v) is 5.09. The lowest BCUT2D eigenvalue weighted by molar-refractivity contribution is 0.102. The Morgan fingerprint density at radius 3 is 2.94 bits per heavy atom. The maximum atomic E-state index is 11.8. The van der Waals surface area contributed by atoms with Gasteiger partial charge in [0.25, 0.3) is 5.91 Å². The Morgan fingerprint density at radius 2 is 2.29 bits per heavy atom. The van der Waals surface area contributed by atoms with E-state index in [-0.39, 0.29) is 5.91 Å². The van der Waals surface area contributed by atoms with Crippen molar-refractivity contribution in [3.63, 3.8) is 0 Å². The first-order valence-electron chi connectivity index (χ1n) is 4.83. The van der Waals surface area contributed by atoms with Crippen LogP contribution in [0.4, 0.5) is 11.4 Å². The zero-order valence-electron chi connectivity index (χ0n) is 9.03. The van der Waals surface area contributed by atoms with Gasteiger partial charge in [-0.2, -0.15) is 0 Å². The first kappa shape index (κ1) is 12.1. The van der Waals surface area contributed by atoms with E-state index < -0.39 is 0 Å². The van der Waals surface area contributed by atoms with Gasteiger partial charge >= 0.3 is 0 Å². The Morgan fingerprint density at radius 1 is 1.53 bits per heavy atom. The summed E-state index contributed by atoms with van der Waals surface area (Å²) in [6.45, 7) is 1.91. The van der Waals surface area contributed by atoms with Crippen LogP contribution in [0.5, 0.6) is 0 Å². The van der Waals surface area contributed by atoms with Crippen molar-refractivity contribution < 1.29 is 4.79 Å². The molecule has 1 heterocycles. The second kappa shape index (κ2) is 4.85. The molecule has 0 atom stereocenters. The fraction of sp³-hybridized carbons (Fsp3) is 0.0909. The Labute approximate surface area is 111 Å². The van der Waals surface area contributed by atoms with Crippen LogP contribution in [0, 0.1) is 6.92 Å². The zero-order chi connectivity index (χ0) is 12.4. The van der Waals surface area contributed by atoms with Crippen LogP contribution in [0.2, 0.25) is 0 Å². The van der Waals surface area contributed by atoms with Crippen LogP contribution in [0.3, 0.4) is 0 Å². The van der Waals surface area contributed by atoms with Crippen LogP contribution < -0.4 is 11.1 Å². The molecule has 2 rings (SSSR count). The molecule has 0 saturated carbocycles. The molecule has 3 N–H and O–H groups in total. The smallest absolute Gasteiger partial charge is 0.275 e. The molecule has 17 heavy (non-hydrogen) atoms. The number of nitrogens with two attached hydrogens (primary N) is 1. The van der Waals surface area contributed by atoms with E-state index in [1.54, 1.807) is 17.0 Å².